The molecule has 0 amide bonds. The van der Waals surface area contributed by atoms with Crippen molar-refractivity contribution in [3.63, 3.8) is 0 Å². The molecule has 0 spiro atoms. The summed E-state index contributed by atoms with van der Waals surface area (Å²) in [6.07, 6.45) is 3.21. The number of hydrogen-bond acceptors (Lipinski definition) is 2. The molecule has 0 saturated carbocycles. The minimum atomic E-state index is -0.631. The monoisotopic (exact) mass is 281 g/mol. The zero-order valence-electron chi connectivity index (χ0n) is 9.90. The predicted molar refractivity (Wildman–Crippen MR) is 74.1 cm³/mol. The molecule has 2 rings (SSSR count). The van der Waals surface area contributed by atoms with E-state index in [1.54, 1.807) is 30.6 Å². The van der Waals surface area contributed by atoms with Gasteiger partial charge in [0.2, 0.25) is 0 Å². The van der Waals surface area contributed by atoms with E-state index in [2.05, 4.69) is 4.98 Å². The van der Waals surface area contributed by atoms with Gasteiger partial charge in [0.05, 0.1) is 6.10 Å². The normalized spacial score (nSPS) is 12.4. The third-order valence-electron chi connectivity index (χ3n) is 2.70. The molecule has 1 N–H and O–H groups in total. The lowest BCUT2D eigenvalue weighted by Gasteiger charge is -2.12. The van der Waals surface area contributed by atoms with Crippen molar-refractivity contribution in [1.82, 2.24) is 4.98 Å². The molecule has 1 aromatic heterocycles. The zero-order chi connectivity index (χ0) is 13.1. The molecule has 1 unspecified atom stereocenters. The molecular weight excluding hydrogens is 269 g/mol. The fourth-order valence-corrected chi connectivity index (χ4v) is 2.18. The van der Waals surface area contributed by atoms with Crippen LogP contribution in [0.5, 0.6) is 0 Å². The number of rotatable bonds is 3. The van der Waals surface area contributed by atoms with Gasteiger partial charge in [0, 0.05) is 28.9 Å². The maximum Gasteiger partial charge on any atom is 0.0845 e. The van der Waals surface area contributed by atoms with Crippen molar-refractivity contribution in [2.75, 3.05) is 0 Å². The molecule has 0 radical (unpaired) electrons. The van der Waals surface area contributed by atoms with Gasteiger partial charge in [-0.3, -0.25) is 4.98 Å². The molecule has 94 valence electrons. The number of hydrogen-bond donors (Lipinski definition) is 1. The molecule has 2 aromatic rings. The molecule has 1 aromatic carbocycles. The first kappa shape index (κ1) is 13.3. The topological polar surface area (TPSA) is 33.1 Å². The highest BCUT2D eigenvalue weighted by Gasteiger charge is 2.12. The second kappa shape index (κ2) is 5.70. The van der Waals surface area contributed by atoms with Crippen molar-refractivity contribution in [2.24, 2.45) is 0 Å². The average molecular weight is 282 g/mol. The van der Waals surface area contributed by atoms with E-state index in [1.165, 1.54) is 0 Å². The van der Waals surface area contributed by atoms with Gasteiger partial charge in [-0.1, -0.05) is 29.3 Å². The van der Waals surface area contributed by atoms with Gasteiger partial charge in [-0.25, -0.2) is 0 Å². The van der Waals surface area contributed by atoms with Crippen molar-refractivity contribution < 1.29 is 5.11 Å². The molecule has 2 nitrogen and oxygen atoms in total. The third-order valence-corrected chi connectivity index (χ3v) is 3.31. The Hall–Kier alpha value is -1.09. The van der Waals surface area contributed by atoms with Gasteiger partial charge in [-0.05, 0) is 41.8 Å². The van der Waals surface area contributed by atoms with Crippen LogP contribution >= 0.6 is 23.2 Å². The third kappa shape index (κ3) is 3.22. The molecule has 0 bridgehead atoms. The number of aliphatic hydroxyl groups excluding tert-OH is 1. The molecule has 0 fully saturated rings. The maximum absolute atomic E-state index is 10.2. The van der Waals surface area contributed by atoms with E-state index in [1.807, 2.05) is 13.0 Å². The SMILES string of the molecule is Cc1cncc(C(O)Cc2cc(Cl)ccc2Cl)c1. The summed E-state index contributed by atoms with van der Waals surface area (Å²) >= 11 is 12.0. The smallest absolute Gasteiger partial charge is 0.0845 e. The van der Waals surface area contributed by atoms with Gasteiger partial charge < -0.3 is 5.11 Å². The first-order valence-corrected chi connectivity index (χ1v) is 6.35. The number of aryl methyl sites for hydroxylation is 1. The van der Waals surface area contributed by atoms with E-state index in [9.17, 15) is 5.11 Å². The van der Waals surface area contributed by atoms with Gasteiger partial charge in [0.15, 0.2) is 0 Å². The summed E-state index contributed by atoms with van der Waals surface area (Å²) in [6.45, 7) is 1.94. The lowest BCUT2D eigenvalue weighted by Crippen LogP contribution is -2.03. The summed E-state index contributed by atoms with van der Waals surface area (Å²) in [5, 5.41) is 11.4. The Morgan fingerprint density at radius 2 is 2.00 bits per heavy atom. The second-order valence-corrected chi connectivity index (χ2v) is 5.09. The zero-order valence-corrected chi connectivity index (χ0v) is 11.4. The highest BCUT2D eigenvalue weighted by molar-refractivity contribution is 6.33. The van der Waals surface area contributed by atoms with Gasteiger partial charge in [0.25, 0.3) is 0 Å². The predicted octanol–water partition coefficient (Wildman–Crippen LogP) is 3.97. The highest BCUT2D eigenvalue weighted by atomic mass is 35.5. The number of aliphatic hydroxyl groups is 1. The molecule has 0 aliphatic carbocycles. The summed E-state index contributed by atoms with van der Waals surface area (Å²) in [4.78, 5) is 4.07. The molecule has 1 atom stereocenters. The number of benzene rings is 1. The van der Waals surface area contributed by atoms with Crippen LogP contribution in [-0.2, 0) is 6.42 Å². The summed E-state index contributed by atoms with van der Waals surface area (Å²) in [6, 6.07) is 7.15. The lowest BCUT2D eigenvalue weighted by atomic mass is 10.0. The molecular formula is C14H13Cl2NO. The van der Waals surface area contributed by atoms with Gasteiger partial charge in [-0.15, -0.1) is 0 Å². The summed E-state index contributed by atoms with van der Waals surface area (Å²) in [7, 11) is 0. The Labute approximate surface area is 116 Å². The van der Waals surface area contributed by atoms with Crippen LogP contribution in [0, 0.1) is 6.92 Å². The Balaban J connectivity index is 2.21. The minimum absolute atomic E-state index is 0.421. The lowest BCUT2D eigenvalue weighted by molar-refractivity contribution is 0.178. The fourth-order valence-electron chi connectivity index (χ4n) is 1.79. The molecule has 0 saturated heterocycles. The van der Waals surface area contributed by atoms with E-state index in [-0.39, 0.29) is 0 Å². The Morgan fingerprint density at radius 1 is 1.22 bits per heavy atom. The molecule has 1 heterocycles. The number of pyridine rings is 1. The van der Waals surface area contributed by atoms with Crippen molar-refractivity contribution in [2.45, 2.75) is 19.4 Å². The van der Waals surface area contributed by atoms with Crippen LogP contribution in [0.4, 0.5) is 0 Å². The highest BCUT2D eigenvalue weighted by Crippen LogP contribution is 2.26. The van der Waals surface area contributed by atoms with Crippen LogP contribution in [0.3, 0.4) is 0 Å². The second-order valence-electron chi connectivity index (χ2n) is 4.25. The van der Waals surface area contributed by atoms with Crippen LogP contribution in [0.2, 0.25) is 10.0 Å². The average Bonchev–Trinajstić information content (AvgIpc) is 2.34. The first-order chi connectivity index (χ1) is 8.56. The molecule has 18 heavy (non-hydrogen) atoms. The van der Waals surface area contributed by atoms with E-state index in [0.717, 1.165) is 16.7 Å². The van der Waals surface area contributed by atoms with Crippen LogP contribution in [0.1, 0.15) is 22.8 Å². The summed E-state index contributed by atoms with van der Waals surface area (Å²) < 4.78 is 0. The molecule has 0 aliphatic heterocycles. The van der Waals surface area contributed by atoms with E-state index < -0.39 is 6.10 Å². The molecule has 0 aliphatic rings. The quantitative estimate of drug-likeness (QED) is 0.923. The fraction of sp³-hybridized carbons (Fsp3) is 0.214. The van der Waals surface area contributed by atoms with E-state index in [4.69, 9.17) is 23.2 Å². The van der Waals surface area contributed by atoms with Crippen molar-refractivity contribution in [3.05, 3.63) is 63.4 Å². The number of aromatic nitrogens is 1. The van der Waals surface area contributed by atoms with Crippen LogP contribution in [-0.4, -0.2) is 10.1 Å². The Morgan fingerprint density at radius 3 is 2.72 bits per heavy atom. The maximum atomic E-state index is 10.2. The van der Waals surface area contributed by atoms with Crippen LogP contribution < -0.4 is 0 Å². The summed E-state index contributed by atoms with van der Waals surface area (Å²) in [5.74, 6) is 0. The largest absolute Gasteiger partial charge is 0.388 e. The summed E-state index contributed by atoms with van der Waals surface area (Å²) in [5.41, 5.74) is 2.63. The van der Waals surface area contributed by atoms with Crippen LogP contribution in [0.15, 0.2) is 36.7 Å². The van der Waals surface area contributed by atoms with E-state index >= 15 is 0 Å². The van der Waals surface area contributed by atoms with Crippen molar-refractivity contribution in [1.29, 1.82) is 0 Å². The van der Waals surface area contributed by atoms with E-state index in [0.29, 0.717) is 16.5 Å². The van der Waals surface area contributed by atoms with Crippen molar-refractivity contribution in [3.8, 4) is 0 Å². The van der Waals surface area contributed by atoms with Crippen molar-refractivity contribution >= 4 is 23.2 Å². The standard InChI is InChI=1S/C14H13Cl2NO/c1-9-4-11(8-17-7-9)14(18)6-10-5-12(15)2-3-13(10)16/h2-5,7-8,14,18H,6H2,1H3. The number of nitrogens with zero attached hydrogens (tertiary/aromatic N) is 1. The first-order valence-electron chi connectivity index (χ1n) is 5.60. The number of halogens is 2. The van der Waals surface area contributed by atoms with Gasteiger partial charge in [-0.2, -0.15) is 0 Å². The Kier molecular flexibility index (Phi) is 4.23. The van der Waals surface area contributed by atoms with Crippen LogP contribution in [0.25, 0.3) is 0 Å². The van der Waals surface area contributed by atoms with Gasteiger partial charge >= 0.3 is 0 Å². The minimum Gasteiger partial charge on any atom is -0.388 e. The Bertz CT molecular complexity index is 557. The molecule has 4 heteroatoms. The van der Waals surface area contributed by atoms with Gasteiger partial charge in [0.1, 0.15) is 0 Å².